The molecular weight excluding hydrogens is 280 g/mol. The molecule has 0 aromatic heterocycles. The van der Waals surface area contributed by atoms with E-state index in [0.717, 1.165) is 25.7 Å². The highest BCUT2D eigenvalue weighted by molar-refractivity contribution is 6.00. The molecule has 0 fully saturated rings. The molecule has 0 amide bonds. The van der Waals surface area contributed by atoms with E-state index in [1.807, 2.05) is 6.92 Å². The quantitative estimate of drug-likeness (QED) is 0.357. The van der Waals surface area contributed by atoms with E-state index in [0.29, 0.717) is 0 Å². The van der Waals surface area contributed by atoms with E-state index in [1.165, 1.54) is 12.8 Å². The van der Waals surface area contributed by atoms with Gasteiger partial charge in [0.15, 0.2) is 5.41 Å². The van der Waals surface area contributed by atoms with Crippen LogP contribution >= 0.6 is 0 Å². The predicted octanol–water partition coefficient (Wildman–Crippen LogP) is 4.81. The van der Waals surface area contributed by atoms with Crippen molar-refractivity contribution in [2.75, 3.05) is 0 Å². The van der Waals surface area contributed by atoms with Gasteiger partial charge < -0.3 is 9.84 Å². The van der Waals surface area contributed by atoms with Gasteiger partial charge >= 0.3 is 11.9 Å². The molecule has 0 aliphatic carbocycles. The molecule has 0 rings (SSSR count). The lowest BCUT2D eigenvalue weighted by molar-refractivity contribution is -0.182. The molecule has 2 unspecified atom stereocenters. The number of aliphatic carboxylic acids is 1. The van der Waals surface area contributed by atoms with Crippen molar-refractivity contribution in [3.05, 3.63) is 0 Å². The van der Waals surface area contributed by atoms with Gasteiger partial charge in [-0.2, -0.15) is 0 Å². The Kier molecular flexibility index (Phi) is 8.72. The Morgan fingerprint density at radius 3 is 2.00 bits per heavy atom. The van der Waals surface area contributed by atoms with Crippen molar-refractivity contribution in [1.29, 1.82) is 0 Å². The Bertz CT molecular complexity index is 357. The standard InChI is InChI=1S/C18H34O4/c1-7-10-11-12-13-14(8-2)22-16(21)18(9-3,15(19)20)17(4,5)6/h14H,7-13H2,1-6H3,(H,19,20). The number of rotatable bonds is 10. The van der Waals surface area contributed by atoms with Crippen LogP contribution in [0.4, 0.5) is 0 Å². The fourth-order valence-electron chi connectivity index (χ4n) is 2.94. The second-order valence-electron chi connectivity index (χ2n) is 7.10. The number of hydrogen-bond acceptors (Lipinski definition) is 3. The van der Waals surface area contributed by atoms with Crippen molar-refractivity contribution in [3.8, 4) is 0 Å². The third-order valence-corrected chi connectivity index (χ3v) is 4.63. The zero-order valence-electron chi connectivity index (χ0n) is 15.2. The number of esters is 1. The van der Waals surface area contributed by atoms with Crippen LogP contribution in [-0.2, 0) is 14.3 Å². The third kappa shape index (κ3) is 4.99. The summed E-state index contributed by atoms with van der Waals surface area (Å²) in [6.45, 7) is 11.2. The van der Waals surface area contributed by atoms with Gasteiger partial charge in [0.2, 0.25) is 0 Å². The maximum atomic E-state index is 12.6. The van der Waals surface area contributed by atoms with Crippen molar-refractivity contribution in [3.63, 3.8) is 0 Å². The van der Waals surface area contributed by atoms with Crippen molar-refractivity contribution in [1.82, 2.24) is 0 Å². The first-order valence-corrected chi connectivity index (χ1v) is 8.61. The first kappa shape index (κ1) is 20.9. The molecule has 0 spiro atoms. The number of carboxylic acid groups (broad SMARTS) is 1. The van der Waals surface area contributed by atoms with Gasteiger partial charge in [-0.25, -0.2) is 0 Å². The lowest BCUT2D eigenvalue weighted by Crippen LogP contribution is -2.50. The molecule has 4 nitrogen and oxygen atoms in total. The van der Waals surface area contributed by atoms with Gasteiger partial charge in [-0.05, 0) is 31.1 Å². The number of unbranched alkanes of at least 4 members (excludes halogenated alkanes) is 3. The highest BCUT2D eigenvalue weighted by Crippen LogP contribution is 2.43. The number of carboxylic acids is 1. The van der Waals surface area contributed by atoms with Gasteiger partial charge in [0.25, 0.3) is 0 Å². The normalized spacial score (nSPS) is 15.9. The molecule has 0 aliphatic rings. The second kappa shape index (κ2) is 9.16. The van der Waals surface area contributed by atoms with Gasteiger partial charge in [-0.3, -0.25) is 9.59 Å². The fraction of sp³-hybridized carbons (Fsp3) is 0.889. The Morgan fingerprint density at radius 2 is 1.64 bits per heavy atom. The molecule has 2 atom stereocenters. The van der Waals surface area contributed by atoms with Crippen LogP contribution in [0.2, 0.25) is 0 Å². The summed E-state index contributed by atoms with van der Waals surface area (Å²) in [7, 11) is 0. The number of carbonyl (C=O) groups excluding carboxylic acids is 1. The zero-order chi connectivity index (χ0) is 17.4. The van der Waals surface area contributed by atoms with Crippen molar-refractivity contribution < 1.29 is 19.4 Å². The lowest BCUT2D eigenvalue weighted by Gasteiger charge is -2.38. The summed E-state index contributed by atoms with van der Waals surface area (Å²) in [5.41, 5.74) is -2.17. The highest BCUT2D eigenvalue weighted by atomic mass is 16.5. The molecule has 4 heteroatoms. The lowest BCUT2D eigenvalue weighted by atomic mass is 9.65. The van der Waals surface area contributed by atoms with Crippen LogP contribution in [0.3, 0.4) is 0 Å². The number of carbonyl (C=O) groups is 2. The predicted molar refractivity (Wildman–Crippen MR) is 88.7 cm³/mol. The molecule has 130 valence electrons. The van der Waals surface area contributed by atoms with Crippen LogP contribution in [0.15, 0.2) is 0 Å². The Hall–Kier alpha value is -1.06. The molecule has 0 saturated heterocycles. The average molecular weight is 314 g/mol. The smallest absolute Gasteiger partial charge is 0.324 e. The van der Waals surface area contributed by atoms with E-state index in [9.17, 15) is 14.7 Å². The van der Waals surface area contributed by atoms with Crippen LogP contribution in [-0.4, -0.2) is 23.1 Å². The minimum Gasteiger partial charge on any atom is -0.480 e. The fourth-order valence-corrected chi connectivity index (χ4v) is 2.94. The summed E-state index contributed by atoms with van der Waals surface area (Å²) in [5.74, 6) is -1.68. The summed E-state index contributed by atoms with van der Waals surface area (Å²) in [4.78, 5) is 24.4. The largest absolute Gasteiger partial charge is 0.480 e. The third-order valence-electron chi connectivity index (χ3n) is 4.63. The van der Waals surface area contributed by atoms with Gasteiger partial charge in [-0.1, -0.05) is 60.8 Å². The number of hydrogen-bond donors (Lipinski definition) is 1. The Balaban J connectivity index is 4.98. The molecule has 0 aromatic carbocycles. The molecule has 22 heavy (non-hydrogen) atoms. The van der Waals surface area contributed by atoms with Crippen LogP contribution in [0.5, 0.6) is 0 Å². The monoisotopic (exact) mass is 314 g/mol. The summed E-state index contributed by atoms with van der Waals surface area (Å²) >= 11 is 0. The SMILES string of the molecule is CCCCCCC(CC)OC(=O)C(CC)(C(=O)O)C(C)(C)C. The molecule has 0 aliphatic heterocycles. The van der Waals surface area contributed by atoms with Crippen LogP contribution in [0.25, 0.3) is 0 Å². The topological polar surface area (TPSA) is 63.6 Å². The molecule has 0 radical (unpaired) electrons. The molecule has 0 saturated carbocycles. The molecule has 1 N–H and O–H groups in total. The first-order valence-electron chi connectivity index (χ1n) is 8.61. The Labute approximate surface area is 135 Å². The van der Waals surface area contributed by atoms with E-state index in [2.05, 4.69) is 6.92 Å². The van der Waals surface area contributed by atoms with E-state index in [1.54, 1.807) is 27.7 Å². The van der Waals surface area contributed by atoms with Gasteiger partial charge in [-0.15, -0.1) is 0 Å². The van der Waals surface area contributed by atoms with Gasteiger partial charge in [0, 0.05) is 0 Å². The summed E-state index contributed by atoms with van der Waals surface area (Å²) in [6, 6.07) is 0. The molecule has 0 heterocycles. The van der Waals surface area contributed by atoms with E-state index in [-0.39, 0.29) is 12.5 Å². The molecular formula is C18H34O4. The van der Waals surface area contributed by atoms with Crippen molar-refractivity contribution in [2.45, 2.75) is 92.6 Å². The van der Waals surface area contributed by atoms with Crippen LogP contribution in [0.1, 0.15) is 86.5 Å². The maximum absolute atomic E-state index is 12.6. The highest BCUT2D eigenvalue weighted by Gasteiger charge is 2.55. The minimum atomic E-state index is -1.48. The van der Waals surface area contributed by atoms with E-state index >= 15 is 0 Å². The molecule has 0 bridgehead atoms. The van der Waals surface area contributed by atoms with Crippen LogP contribution < -0.4 is 0 Å². The van der Waals surface area contributed by atoms with E-state index in [4.69, 9.17) is 4.74 Å². The summed E-state index contributed by atoms with van der Waals surface area (Å²) in [5, 5.41) is 9.66. The zero-order valence-corrected chi connectivity index (χ0v) is 15.2. The van der Waals surface area contributed by atoms with Gasteiger partial charge in [0.05, 0.1) is 0 Å². The average Bonchev–Trinajstić information content (AvgIpc) is 2.41. The Morgan fingerprint density at radius 1 is 1.05 bits per heavy atom. The first-order chi connectivity index (χ1) is 10.2. The second-order valence-corrected chi connectivity index (χ2v) is 7.10. The van der Waals surface area contributed by atoms with Crippen LogP contribution in [0, 0.1) is 10.8 Å². The van der Waals surface area contributed by atoms with Gasteiger partial charge in [0.1, 0.15) is 6.10 Å². The molecule has 0 aromatic rings. The number of ether oxygens (including phenoxy) is 1. The summed E-state index contributed by atoms with van der Waals surface area (Å²) < 4.78 is 5.60. The van der Waals surface area contributed by atoms with Crippen molar-refractivity contribution >= 4 is 11.9 Å². The minimum absolute atomic E-state index is 0.183. The van der Waals surface area contributed by atoms with E-state index < -0.39 is 22.8 Å². The van der Waals surface area contributed by atoms with Crippen molar-refractivity contribution in [2.24, 2.45) is 10.8 Å². The summed E-state index contributed by atoms with van der Waals surface area (Å²) in [6.07, 6.45) is 6.07. The maximum Gasteiger partial charge on any atom is 0.324 e.